The van der Waals surface area contributed by atoms with Crippen LogP contribution in [-0.2, 0) is 16.0 Å². The highest BCUT2D eigenvalue weighted by Crippen LogP contribution is 2.23. The van der Waals surface area contributed by atoms with Crippen molar-refractivity contribution >= 4 is 0 Å². The highest BCUT2D eigenvalue weighted by molar-refractivity contribution is 5.37. The first-order valence-corrected chi connectivity index (χ1v) is 7.01. The second-order valence-electron chi connectivity index (χ2n) is 6.04. The van der Waals surface area contributed by atoms with Crippen LogP contribution in [0.1, 0.15) is 25.0 Å². The molecule has 1 heterocycles. The van der Waals surface area contributed by atoms with E-state index in [0.29, 0.717) is 18.7 Å². The van der Waals surface area contributed by atoms with Crippen LogP contribution >= 0.6 is 0 Å². The molecule has 0 aromatic heterocycles. The van der Waals surface area contributed by atoms with E-state index in [0.717, 1.165) is 18.7 Å². The maximum absolute atomic E-state index is 13.2. The third kappa shape index (κ3) is 4.24. The summed E-state index contributed by atoms with van der Waals surface area (Å²) < 4.78 is 24.3. The standard InChI is InChI=1S/C16H21FN2O2/c1-16(2)11-19(9-15(21-16)10-20-3)8-12-4-5-14(17)6-13(12)7-18/h4-6,15H,8-11H2,1-3H3. The number of hydrogen-bond donors (Lipinski definition) is 0. The molecule has 1 aliphatic heterocycles. The van der Waals surface area contributed by atoms with Crippen molar-refractivity contribution < 1.29 is 13.9 Å². The first-order chi connectivity index (χ1) is 9.93. The van der Waals surface area contributed by atoms with Crippen molar-refractivity contribution in [2.45, 2.75) is 32.1 Å². The zero-order chi connectivity index (χ0) is 15.5. The summed E-state index contributed by atoms with van der Waals surface area (Å²) in [7, 11) is 1.66. The zero-order valence-corrected chi connectivity index (χ0v) is 12.7. The smallest absolute Gasteiger partial charge is 0.124 e. The van der Waals surface area contributed by atoms with Gasteiger partial charge >= 0.3 is 0 Å². The van der Waals surface area contributed by atoms with E-state index < -0.39 is 0 Å². The molecule has 1 fully saturated rings. The summed E-state index contributed by atoms with van der Waals surface area (Å²) in [5.41, 5.74) is 0.962. The van der Waals surface area contributed by atoms with Crippen LogP contribution in [0.25, 0.3) is 0 Å². The predicted molar refractivity (Wildman–Crippen MR) is 77.2 cm³/mol. The van der Waals surface area contributed by atoms with Crippen LogP contribution in [0.2, 0.25) is 0 Å². The van der Waals surface area contributed by atoms with Crippen LogP contribution < -0.4 is 0 Å². The number of rotatable bonds is 4. The van der Waals surface area contributed by atoms with Crippen LogP contribution in [0, 0.1) is 17.1 Å². The zero-order valence-electron chi connectivity index (χ0n) is 12.7. The number of ether oxygens (including phenoxy) is 2. The monoisotopic (exact) mass is 292 g/mol. The number of halogens is 1. The first-order valence-electron chi connectivity index (χ1n) is 7.01. The Morgan fingerprint density at radius 3 is 2.95 bits per heavy atom. The van der Waals surface area contributed by atoms with Gasteiger partial charge in [0.1, 0.15) is 5.82 Å². The Labute approximate surface area is 125 Å². The van der Waals surface area contributed by atoms with Crippen LogP contribution in [0.15, 0.2) is 18.2 Å². The highest BCUT2D eigenvalue weighted by atomic mass is 19.1. The third-order valence-corrected chi connectivity index (χ3v) is 3.49. The molecule has 0 N–H and O–H groups in total. The Balaban J connectivity index is 2.13. The maximum atomic E-state index is 13.2. The largest absolute Gasteiger partial charge is 0.382 e. The molecule has 0 radical (unpaired) electrons. The van der Waals surface area contributed by atoms with Gasteiger partial charge in [-0.3, -0.25) is 4.90 Å². The summed E-state index contributed by atoms with van der Waals surface area (Å²) in [5.74, 6) is -0.380. The highest BCUT2D eigenvalue weighted by Gasteiger charge is 2.33. The van der Waals surface area contributed by atoms with Crippen LogP contribution in [-0.4, -0.2) is 43.4 Å². The van der Waals surface area contributed by atoms with Gasteiger partial charge in [-0.2, -0.15) is 5.26 Å². The van der Waals surface area contributed by atoms with Crippen LogP contribution in [0.3, 0.4) is 0 Å². The quantitative estimate of drug-likeness (QED) is 0.854. The molecule has 1 aromatic carbocycles. The fourth-order valence-electron chi connectivity index (χ4n) is 2.84. The average Bonchev–Trinajstić information content (AvgIpc) is 2.39. The van der Waals surface area contributed by atoms with E-state index in [1.165, 1.54) is 12.1 Å². The molecule has 4 nitrogen and oxygen atoms in total. The fourth-order valence-corrected chi connectivity index (χ4v) is 2.84. The van der Waals surface area contributed by atoms with E-state index in [1.54, 1.807) is 13.2 Å². The molecule has 1 aromatic rings. The van der Waals surface area contributed by atoms with Gasteiger partial charge in [-0.15, -0.1) is 0 Å². The molecule has 114 valence electrons. The van der Waals surface area contributed by atoms with E-state index in [1.807, 2.05) is 13.8 Å². The molecule has 0 aliphatic carbocycles. The second kappa shape index (κ2) is 6.52. The van der Waals surface area contributed by atoms with E-state index in [2.05, 4.69) is 11.0 Å². The Bertz CT molecular complexity index is 540. The SMILES string of the molecule is COCC1CN(Cc2ccc(F)cc2C#N)CC(C)(C)O1. The van der Waals surface area contributed by atoms with Gasteiger partial charge in [0.15, 0.2) is 0 Å². The number of morpholine rings is 1. The minimum atomic E-state index is -0.380. The molecule has 0 spiro atoms. The molecule has 2 rings (SSSR count). The summed E-state index contributed by atoms with van der Waals surface area (Å²) in [4.78, 5) is 2.22. The van der Waals surface area contributed by atoms with Gasteiger partial charge in [0.25, 0.3) is 0 Å². The van der Waals surface area contributed by atoms with Crippen molar-refractivity contribution in [2.75, 3.05) is 26.8 Å². The van der Waals surface area contributed by atoms with Gasteiger partial charge in [0.2, 0.25) is 0 Å². The lowest BCUT2D eigenvalue weighted by Gasteiger charge is -2.42. The minimum Gasteiger partial charge on any atom is -0.382 e. The molecule has 21 heavy (non-hydrogen) atoms. The minimum absolute atomic E-state index is 0.00438. The Kier molecular flexibility index (Phi) is 4.94. The van der Waals surface area contributed by atoms with Gasteiger partial charge in [-0.25, -0.2) is 4.39 Å². The average molecular weight is 292 g/mol. The van der Waals surface area contributed by atoms with Gasteiger partial charge in [-0.1, -0.05) is 6.07 Å². The molecular formula is C16H21FN2O2. The van der Waals surface area contributed by atoms with Crippen molar-refractivity contribution in [3.05, 3.63) is 35.1 Å². The summed E-state index contributed by atoms with van der Waals surface area (Å²) in [6.45, 7) is 6.72. The topological polar surface area (TPSA) is 45.5 Å². The number of benzene rings is 1. The number of methoxy groups -OCH3 is 1. The molecule has 0 bridgehead atoms. The first kappa shape index (κ1) is 15.9. The van der Waals surface area contributed by atoms with E-state index in [4.69, 9.17) is 14.7 Å². The lowest BCUT2D eigenvalue weighted by atomic mass is 10.0. The number of hydrogen-bond acceptors (Lipinski definition) is 4. The molecule has 1 unspecified atom stereocenters. The van der Waals surface area contributed by atoms with Crippen molar-refractivity contribution in [1.29, 1.82) is 5.26 Å². The van der Waals surface area contributed by atoms with E-state index >= 15 is 0 Å². The molecular weight excluding hydrogens is 271 g/mol. The van der Waals surface area contributed by atoms with Crippen LogP contribution in [0.4, 0.5) is 4.39 Å². The molecule has 0 amide bonds. The summed E-state index contributed by atoms with van der Waals surface area (Å²) in [5, 5.41) is 9.13. The third-order valence-electron chi connectivity index (χ3n) is 3.49. The van der Waals surface area contributed by atoms with Gasteiger partial charge in [0, 0.05) is 26.7 Å². The summed E-state index contributed by atoms with van der Waals surface area (Å²) >= 11 is 0. The Hall–Kier alpha value is -1.48. The Morgan fingerprint density at radius 2 is 2.29 bits per heavy atom. The van der Waals surface area contributed by atoms with E-state index in [9.17, 15) is 4.39 Å². The molecule has 5 heteroatoms. The Morgan fingerprint density at radius 1 is 1.52 bits per heavy atom. The van der Waals surface area contributed by atoms with Crippen molar-refractivity contribution in [3.63, 3.8) is 0 Å². The lowest BCUT2D eigenvalue weighted by molar-refractivity contribution is -0.154. The lowest BCUT2D eigenvalue weighted by Crippen LogP contribution is -2.53. The van der Waals surface area contributed by atoms with Gasteiger partial charge in [0.05, 0.1) is 29.9 Å². The van der Waals surface area contributed by atoms with Crippen molar-refractivity contribution in [2.24, 2.45) is 0 Å². The van der Waals surface area contributed by atoms with Crippen molar-refractivity contribution in [3.8, 4) is 6.07 Å². The molecule has 1 aliphatic rings. The summed E-state index contributed by atoms with van der Waals surface area (Å²) in [6.07, 6.45) is 0.00438. The van der Waals surface area contributed by atoms with Gasteiger partial charge < -0.3 is 9.47 Å². The normalized spacial score (nSPS) is 22.0. The molecule has 1 saturated heterocycles. The van der Waals surface area contributed by atoms with Crippen molar-refractivity contribution in [1.82, 2.24) is 4.90 Å². The van der Waals surface area contributed by atoms with E-state index in [-0.39, 0.29) is 17.5 Å². The summed E-state index contributed by atoms with van der Waals surface area (Å²) in [6, 6.07) is 6.43. The maximum Gasteiger partial charge on any atom is 0.124 e. The van der Waals surface area contributed by atoms with Gasteiger partial charge in [-0.05, 0) is 31.5 Å². The predicted octanol–water partition coefficient (Wildman–Crippen LogP) is 2.32. The molecule has 1 atom stereocenters. The number of nitrogens with zero attached hydrogens (tertiary/aromatic N) is 2. The number of nitriles is 1. The van der Waals surface area contributed by atoms with Crippen LogP contribution in [0.5, 0.6) is 0 Å². The second-order valence-corrected chi connectivity index (χ2v) is 6.04. The molecule has 0 saturated carbocycles. The fraction of sp³-hybridized carbons (Fsp3) is 0.562.